The maximum absolute atomic E-state index is 12.1. The third-order valence-electron chi connectivity index (χ3n) is 3.22. The summed E-state index contributed by atoms with van der Waals surface area (Å²) in [6.07, 6.45) is 2.34. The zero-order chi connectivity index (χ0) is 15.2. The number of benzene rings is 2. The van der Waals surface area contributed by atoms with Crippen LogP contribution in [0.5, 0.6) is 17.2 Å². The van der Waals surface area contributed by atoms with E-state index < -0.39 is 0 Å². The van der Waals surface area contributed by atoms with Gasteiger partial charge in [0.25, 0.3) is 0 Å². The van der Waals surface area contributed by atoms with Crippen LogP contribution in [0.2, 0.25) is 0 Å². The van der Waals surface area contributed by atoms with E-state index in [0.717, 1.165) is 5.75 Å². The number of hydrogen-bond donors (Lipinski definition) is 0. The zero-order valence-electron chi connectivity index (χ0n) is 12.0. The molecule has 22 heavy (non-hydrogen) atoms. The lowest BCUT2D eigenvalue weighted by molar-refractivity contribution is -0.130. The Kier molecular flexibility index (Phi) is 4.51. The number of esters is 1. The van der Waals surface area contributed by atoms with Gasteiger partial charge in [-0.05, 0) is 30.3 Å². The van der Waals surface area contributed by atoms with Gasteiger partial charge in [-0.25, -0.2) is 4.79 Å². The Labute approximate surface area is 128 Å². The number of carbonyl (C=O) groups excluding carboxylic acids is 1. The van der Waals surface area contributed by atoms with Gasteiger partial charge in [-0.2, -0.15) is 0 Å². The van der Waals surface area contributed by atoms with Crippen molar-refractivity contribution in [2.24, 2.45) is 0 Å². The van der Waals surface area contributed by atoms with Crippen LogP contribution in [0.1, 0.15) is 6.42 Å². The molecule has 0 amide bonds. The molecule has 1 aliphatic rings. The molecule has 4 heteroatoms. The Morgan fingerprint density at radius 3 is 2.50 bits per heavy atom. The second-order valence-electron chi connectivity index (χ2n) is 4.83. The summed E-state index contributed by atoms with van der Waals surface area (Å²) in [6, 6.07) is 16.5. The molecule has 112 valence electrons. The summed E-state index contributed by atoms with van der Waals surface area (Å²) in [5.74, 6) is 1.49. The number of rotatable bonds is 4. The summed E-state index contributed by atoms with van der Waals surface area (Å²) in [5.41, 5.74) is 0.653. The van der Waals surface area contributed by atoms with Crippen molar-refractivity contribution in [3.05, 3.63) is 66.2 Å². The molecule has 0 bridgehead atoms. The molecule has 0 saturated heterocycles. The summed E-state index contributed by atoms with van der Waals surface area (Å²) < 4.78 is 16.3. The second kappa shape index (κ2) is 6.91. The highest BCUT2D eigenvalue weighted by Gasteiger charge is 2.15. The fourth-order valence-corrected chi connectivity index (χ4v) is 2.11. The van der Waals surface area contributed by atoms with Crippen LogP contribution in [-0.2, 0) is 9.53 Å². The van der Waals surface area contributed by atoms with Gasteiger partial charge in [-0.15, -0.1) is 0 Å². The van der Waals surface area contributed by atoms with E-state index in [1.807, 2.05) is 36.4 Å². The summed E-state index contributed by atoms with van der Waals surface area (Å²) in [5, 5.41) is 0. The minimum atomic E-state index is -0.333. The third-order valence-corrected chi connectivity index (χ3v) is 3.22. The minimum Gasteiger partial charge on any atom is -0.457 e. The molecule has 0 aliphatic carbocycles. The standard InChI is InChI=1S/C18H16O4/c19-18(14-9-11-20-12-10-14)22-17-8-4-7-16(13-17)21-15-5-2-1-3-6-15/h1-9,13H,10-12H2. The van der Waals surface area contributed by atoms with Gasteiger partial charge < -0.3 is 14.2 Å². The van der Waals surface area contributed by atoms with Crippen LogP contribution in [0, 0.1) is 0 Å². The lowest BCUT2D eigenvalue weighted by Gasteiger charge is -2.13. The lowest BCUT2D eigenvalue weighted by Crippen LogP contribution is -2.16. The van der Waals surface area contributed by atoms with Crippen LogP contribution in [0.4, 0.5) is 0 Å². The average Bonchev–Trinajstić information content (AvgIpc) is 2.57. The van der Waals surface area contributed by atoms with Gasteiger partial charge in [0.1, 0.15) is 17.2 Å². The first-order valence-electron chi connectivity index (χ1n) is 7.13. The number of hydrogen-bond acceptors (Lipinski definition) is 4. The lowest BCUT2D eigenvalue weighted by atomic mass is 10.1. The Balaban J connectivity index is 1.68. The molecular weight excluding hydrogens is 280 g/mol. The molecule has 4 nitrogen and oxygen atoms in total. The van der Waals surface area contributed by atoms with Crippen molar-refractivity contribution >= 4 is 5.97 Å². The van der Waals surface area contributed by atoms with Gasteiger partial charge in [-0.3, -0.25) is 0 Å². The molecule has 1 heterocycles. The van der Waals surface area contributed by atoms with Crippen molar-refractivity contribution in [1.82, 2.24) is 0 Å². The van der Waals surface area contributed by atoms with Gasteiger partial charge in [0, 0.05) is 18.1 Å². The van der Waals surface area contributed by atoms with Crippen LogP contribution in [0.25, 0.3) is 0 Å². The van der Waals surface area contributed by atoms with Crippen molar-refractivity contribution < 1.29 is 19.0 Å². The first-order valence-corrected chi connectivity index (χ1v) is 7.13. The number of ether oxygens (including phenoxy) is 3. The summed E-state index contributed by atoms with van der Waals surface area (Å²) in [6.45, 7) is 1.01. The Hall–Kier alpha value is -2.59. The Morgan fingerprint density at radius 1 is 0.955 bits per heavy atom. The molecule has 0 radical (unpaired) electrons. The van der Waals surface area contributed by atoms with Crippen molar-refractivity contribution in [2.45, 2.75) is 6.42 Å². The van der Waals surface area contributed by atoms with Crippen LogP contribution in [0.3, 0.4) is 0 Å². The van der Waals surface area contributed by atoms with E-state index in [1.54, 1.807) is 24.3 Å². The molecule has 0 saturated carbocycles. The van der Waals surface area contributed by atoms with E-state index in [9.17, 15) is 4.79 Å². The smallest absolute Gasteiger partial charge is 0.339 e. The average molecular weight is 296 g/mol. The Bertz CT molecular complexity index is 676. The minimum absolute atomic E-state index is 0.333. The van der Waals surface area contributed by atoms with E-state index in [2.05, 4.69) is 0 Å². The normalized spacial score (nSPS) is 14.1. The van der Waals surface area contributed by atoms with Gasteiger partial charge in [-0.1, -0.05) is 24.3 Å². The molecule has 0 unspecified atom stereocenters. The molecule has 0 atom stereocenters. The van der Waals surface area contributed by atoms with Crippen molar-refractivity contribution in [3.63, 3.8) is 0 Å². The monoisotopic (exact) mass is 296 g/mol. The number of carbonyl (C=O) groups is 1. The SMILES string of the molecule is O=C(Oc1cccc(Oc2ccccc2)c1)C1=CCOCC1. The van der Waals surface area contributed by atoms with Crippen LogP contribution < -0.4 is 9.47 Å². The second-order valence-corrected chi connectivity index (χ2v) is 4.83. The summed E-state index contributed by atoms with van der Waals surface area (Å²) in [7, 11) is 0. The van der Waals surface area contributed by atoms with Crippen LogP contribution >= 0.6 is 0 Å². The van der Waals surface area contributed by atoms with E-state index in [1.165, 1.54) is 0 Å². The van der Waals surface area contributed by atoms with Crippen molar-refractivity contribution in [2.75, 3.05) is 13.2 Å². The molecule has 0 fully saturated rings. The quantitative estimate of drug-likeness (QED) is 0.637. The van der Waals surface area contributed by atoms with E-state index in [4.69, 9.17) is 14.2 Å². The molecule has 1 aliphatic heterocycles. The van der Waals surface area contributed by atoms with Gasteiger partial charge in [0.05, 0.1) is 13.2 Å². The molecule has 2 aromatic carbocycles. The predicted molar refractivity (Wildman–Crippen MR) is 82.1 cm³/mol. The molecule has 3 rings (SSSR count). The highest BCUT2D eigenvalue weighted by molar-refractivity contribution is 5.90. The number of para-hydroxylation sites is 1. The van der Waals surface area contributed by atoms with Crippen molar-refractivity contribution in [1.29, 1.82) is 0 Å². The molecule has 0 N–H and O–H groups in total. The maximum Gasteiger partial charge on any atom is 0.339 e. The zero-order valence-corrected chi connectivity index (χ0v) is 12.0. The first kappa shape index (κ1) is 14.4. The van der Waals surface area contributed by atoms with Gasteiger partial charge >= 0.3 is 5.97 Å². The molecule has 2 aromatic rings. The third kappa shape index (κ3) is 3.74. The van der Waals surface area contributed by atoms with Gasteiger partial charge in [0.2, 0.25) is 0 Å². The largest absolute Gasteiger partial charge is 0.457 e. The van der Waals surface area contributed by atoms with Crippen LogP contribution in [0.15, 0.2) is 66.2 Å². The van der Waals surface area contributed by atoms with E-state index in [-0.39, 0.29) is 5.97 Å². The Morgan fingerprint density at radius 2 is 1.73 bits per heavy atom. The molecule has 0 spiro atoms. The molecular formula is C18H16O4. The van der Waals surface area contributed by atoms with E-state index >= 15 is 0 Å². The fourth-order valence-electron chi connectivity index (χ4n) is 2.11. The van der Waals surface area contributed by atoms with Gasteiger partial charge in [0.15, 0.2) is 0 Å². The highest BCUT2D eigenvalue weighted by atomic mass is 16.5. The topological polar surface area (TPSA) is 44.8 Å². The summed E-state index contributed by atoms with van der Waals surface area (Å²) in [4.78, 5) is 12.1. The highest BCUT2D eigenvalue weighted by Crippen LogP contribution is 2.25. The molecule has 0 aromatic heterocycles. The predicted octanol–water partition coefficient (Wildman–Crippen LogP) is 3.73. The van der Waals surface area contributed by atoms with E-state index in [0.29, 0.717) is 36.7 Å². The van der Waals surface area contributed by atoms with Crippen LogP contribution in [-0.4, -0.2) is 19.2 Å². The summed E-state index contributed by atoms with van der Waals surface area (Å²) >= 11 is 0. The maximum atomic E-state index is 12.1. The van der Waals surface area contributed by atoms with Crippen molar-refractivity contribution in [3.8, 4) is 17.2 Å². The first-order chi connectivity index (χ1) is 10.8. The fraction of sp³-hybridized carbons (Fsp3) is 0.167.